The van der Waals surface area contributed by atoms with Crippen molar-refractivity contribution in [1.29, 1.82) is 0 Å². The topological polar surface area (TPSA) is 42.4 Å². The molecule has 90 valence electrons. The first-order valence-electron chi connectivity index (χ1n) is 5.60. The average Bonchev–Trinajstić information content (AvgIpc) is 2.45. The number of hydrogen-bond acceptors (Lipinski definition) is 3. The molecule has 0 aliphatic heterocycles. The lowest BCUT2D eigenvalue weighted by Gasteiger charge is -2.07. The molecule has 2 rings (SSSR count). The Kier molecular flexibility index (Phi) is 4.34. The van der Waals surface area contributed by atoms with E-state index in [1.165, 1.54) is 0 Å². The summed E-state index contributed by atoms with van der Waals surface area (Å²) in [6, 6.07) is 11.3. The molecule has 3 nitrogen and oxygen atoms in total. The fourth-order valence-electron chi connectivity index (χ4n) is 1.48. The molecule has 0 spiro atoms. The first-order chi connectivity index (χ1) is 8.90. The molecule has 0 radical (unpaired) electrons. The third kappa shape index (κ3) is 3.34. The molecule has 0 saturated carbocycles. The number of rotatable bonds is 3. The molecule has 18 heavy (non-hydrogen) atoms. The van der Waals surface area contributed by atoms with E-state index in [1.54, 1.807) is 12.4 Å². The number of aliphatic hydroxyl groups excluding tert-OH is 1. The van der Waals surface area contributed by atoms with E-state index in [-0.39, 0.29) is 6.61 Å². The summed E-state index contributed by atoms with van der Waals surface area (Å²) in [6.45, 7) is 0.294. The van der Waals surface area contributed by atoms with Gasteiger partial charge in [0.1, 0.15) is 19.0 Å². The normalized spacial score (nSPS) is 9.39. The minimum absolute atomic E-state index is 0.156. The van der Waals surface area contributed by atoms with Crippen LogP contribution < -0.4 is 4.74 Å². The maximum absolute atomic E-state index is 8.70. The van der Waals surface area contributed by atoms with Gasteiger partial charge in [0.15, 0.2) is 0 Å². The van der Waals surface area contributed by atoms with Crippen molar-refractivity contribution >= 4 is 0 Å². The molecule has 0 amide bonds. The summed E-state index contributed by atoms with van der Waals surface area (Å²) in [5, 5.41) is 8.70. The molecule has 1 aromatic heterocycles. The van der Waals surface area contributed by atoms with Gasteiger partial charge >= 0.3 is 0 Å². The molecule has 0 aliphatic rings. The Hall–Kier alpha value is -2.31. The molecular weight excluding hydrogens is 226 g/mol. The van der Waals surface area contributed by atoms with Crippen LogP contribution in [0.4, 0.5) is 0 Å². The Bertz CT molecular complexity index is 555. The number of para-hydroxylation sites is 1. The molecule has 0 saturated heterocycles. The van der Waals surface area contributed by atoms with Gasteiger partial charge in [-0.1, -0.05) is 30.0 Å². The molecular formula is C15H13NO2. The Morgan fingerprint density at radius 2 is 2.06 bits per heavy atom. The van der Waals surface area contributed by atoms with Gasteiger partial charge in [0, 0.05) is 18.0 Å². The first kappa shape index (κ1) is 12.2. The molecule has 0 bridgehead atoms. The predicted molar refractivity (Wildman–Crippen MR) is 69.0 cm³/mol. The van der Waals surface area contributed by atoms with Gasteiger partial charge in [-0.05, 0) is 18.2 Å². The van der Waals surface area contributed by atoms with Gasteiger partial charge in [0.05, 0.1) is 5.56 Å². The van der Waals surface area contributed by atoms with Crippen molar-refractivity contribution in [2.75, 3.05) is 6.61 Å². The summed E-state index contributed by atoms with van der Waals surface area (Å²) in [7, 11) is 0. The third-order valence-electron chi connectivity index (χ3n) is 2.31. The lowest BCUT2D eigenvalue weighted by Crippen LogP contribution is -1.97. The summed E-state index contributed by atoms with van der Waals surface area (Å²) in [6.07, 6.45) is 3.49. The Labute approximate surface area is 106 Å². The van der Waals surface area contributed by atoms with E-state index in [2.05, 4.69) is 16.8 Å². The second kappa shape index (κ2) is 6.43. The quantitative estimate of drug-likeness (QED) is 0.833. The van der Waals surface area contributed by atoms with Crippen LogP contribution in [-0.2, 0) is 6.61 Å². The smallest absolute Gasteiger partial charge is 0.135 e. The molecule has 0 unspecified atom stereocenters. The molecule has 3 heteroatoms. The van der Waals surface area contributed by atoms with E-state index in [0.717, 1.165) is 11.1 Å². The van der Waals surface area contributed by atoms with Crippen molar-refractivity contribution in [1.82, 2.24) is 4.98 Å². The van der Waals surface area contributed by atoms with Crippen LogP contribution in [0, 0.1) is 11.8 Å². The molecule has 1 N–H and O–H groups in total. The van der Waals surface area contributed by atoms with Crippen molar-refractivity contribution < 1.29 is 9.84 Å². The predicted octanol–water partition coefficient (Wildman–Crippen LogP) is 2.00. The summed E-state index contributed by atoms with van der Waals surface area (Å²) in [5.74, 6) is 6.19. The Morgan fingerprint density at radius 1 is 1.17 bits per heavy atom. The molecule has 1 heterocycles. The van der Waals surface area contributed by atoms with E-state index >= 15 is 0 Å². The molecule has 2 aromatic rings. The minimum Gasteiger partial charge on any atom is -0.488 e. The van der Waals surface area contributed by atoms with Crippen LogP contribution in [0.25, 0.3) is 0 Å². The van der Waals surface area contributed by atoms with Crippen LogP contribution in [0.2, 0.25) is 0 Å². The summed E-state index contributed by atoms with van der Waals surface area (Å²) < 4.78 is 5.70. The number of ether oxygens (including phenoxy) is 1. The summed E-state index contributed by atoms with van der Waals surface area (Å²) in [4.78, 5) is 4.03. The highest BCUT2D eigenvalue weighted by atomic mass is 16.5. The van der Waals surface area contributed by atoms with E-state index < -0.39 is 0 Å². The van der Waals surface area contributed by atoms with Crippen LogP contribution in [0.3, 0.4) is 0 Å². The van der Waals surface area contributed by atoms with Gasteiger partial charge in [-0.2, -0.15) is 0 Å². The molecule has 0 fully saturated rings. The van der Waals surface area contributed by atoms with Crippen molar-refractivity contribution in [3.8, 4) is 17.6 Å². The lowest BCUT2D eigenvalue weighted by molar-refractivity contribution is 0.305. The highest BCUT2D eigenvalue weighted by Gasteiger charge is 2.00. The number of aromatic nitrogens is 1. The maximum Gasteiger partial charge on any atom is 0.135 e. The molecule has 1 aromatic carbocycles. The van der Waals surface area contributed by atoms with Crippen LogP contribution in [-0.4, -0.2) is 16.7 Å². The molecule has 0 atom stereocenters. The van der Waals surface area contributed by atoms with E-state index in [0.29, 0.717) is 12.4 Å². The van der Waals surface area contributed by atoms with E-state index in [1.807, 2.05) is 36.4 Å². The maximum atomic E-state index is 8.70. The van der Waals surface area contributed by atoms with Crippen molar-refractivity contribution in [3.05, 3.63) is 59.9 Å². The van der Waals surface area contributed by atoms with Crippen molar-refractivity contribution in [2.24, 2.45) is 0 Å². The van der Waals surface area contributed by atoms with Crippen molar-refractivity contribution in [2.45, 2.75) is 6.61 Å². The van der Waals surface area contributed by atoms with Gasteiger partial charge in [-0.15, -0.1) is 0 Å². The third-order valence-corrected chi connectivity index (χ3v) is 2.31. The lowest BCUT2D eigenvalue weighted by atomic mass is 10.2. The second-order valence-electron chi connectivity index (χ2n) is 3.61. The molecule has 0 aliphatic carbocycles. The van der Waals surface area contributed by atoms with Crippen LogP contribution >= 0.6 is 0 Å². The minimum atomic E-state index is -0.156. The van der Waals surface area contributed by atoms with Gasteiger partial charge < -0.3 is 9.84 Å². The van der Waals surface area contributed by atoms with Gasteiger partial charge in [-0.3, -0.25) is 4.98 Å². The summed E-state index contributed by atoms with van der Waals surface area (Å²) in [5.41, 5.74) is 1.78. The number of aliphatic hydroxyl groups is 1. The largest absolute Gasteiger partial charge is 0.488 e. The highest BCUT2D eigenvalue weighted by Crippen LogP contribution is 2.18. The van der Waals surface area contributed by atoms with Crippen LogP contribution in [0.1, 0.15) is 11.1 Å². The number of hydrogen-bond donors (Lipinski definition) is 1. The monoisotopic (exact) mass is 239 g/mol. The van der Waals surface area contributed by atoms with Crippen LogP contribution in [0.15, 0.2) is 48.8 Å². The zero-order valence-corrected chi connectivity index (χ0v) is 9.84. The zero-order chi connectivity index (χ0) is 12.6. The number of pyridine rings is 1. The highest BCUT2D eigenvalue weighted by molar-refractivity contribution is 5.45. The standard InChI is InChI=1S/C15H13NO2/c17-10-4-7-14-6-1-2-8-15(14)18-12-13-5-3-9-16-11-13/h1-3,5-6,8-9,11,17H,10,12H2. The van der Waals surface area contributed by atoms with Gasteiger partial charge in [-0.25, -0.2) is 0 Å². The summed E-state index contributed by atoms with van der Waals surface area (Å²) >= 11 is 0. The number of nitrogens with zero attached hydrogens (tertiary/aromatic N) is 1. The second-order valence-corrected chi connectivity index (χ2v) is 3.61. The fraction of sp³-hybridized carbons (Fsp3) is 0.133. The van der Waals surface area contributed by atoms with Crippen LogP contribution in [0.5, 0.6) is 5.75 Å². The Balaban J connectivity index is 2.09. The number of benzene rings is 1. The zero-order valence-electron chi connectivity index (χ0n) is 9.84. The first-order valence-corrected chi connectivity index (χ1v) is 5.60. The van der Waals surface area contributed by atoms with Gasteiger partial charge in [0.25, 0.3) is 0 Å². The van der Waals surface area contributed by atoms with Gasteiger partial charge in [0.2, 0.25) is 0 Å². The van der Waals surface area contributed by atoms with E-state index in [4.69, 9.17) is 9.84 Å². The van der Waals surface area contributed by atoms with Crippen molar-refractivity contribution in [3.63, 3.8) is 0 Å². The fourth-order valence-corrected chi connectivity index (χ4v) is 1.48. The van der Waals surface area contributed by atoms with E-state index in [9.17, 15) is 0 Å². The Morgan fingerprint density at radius 3 is 2.83 bits per heavy atom. The SMILES string of the molecule is OCC#Cc1ccccc1OCc1cccnc1. The average molecular weight is 239 g/mol.